The molecular weight excluding hydrogens is 424 g/mol. The molecule has 1 atom stereocenters. The minimum Gasteiger partial charge on any atom is -0.465 e. The summed E-state index contributed by atoms with van der Waals surface area (Å²) in [5.74, 6) is 0.0206. The van der Waals surface area contributed by atoms with Gasteiger partial charge in [-0.1, -0.05) is 6.92 Å². The Hall–Kier alpha value is -3.35. The van der Waals surface area contributed by atoms with E-state index in [1.54, 1.807) is 24.4 Å². The quantitative estimate of drug-likeness (QED) is 0.374. The first-order valence-corrected chi connectivity index (χ1v) is 11.3. The number of rotatable bonds is 4. The molecule has 170 valence electrons. The Labute approximate surface area is 190 Å². The van der Waals surface area contributed by atoms with E-state index in [-0.39, 0.29) is 17.3 Å². The van der Waals surface area contributed by atoms with Crippen LogP contribution in [-0.2, 0) is 4.74 Å². The maximum atomic E-state index is 14.3. The van der Waals surface area contributed by atoms with Crippen molar-refractivity contribution in [2.75, 3.05) is 7.11 Å². The van der Waals surface area contributed by atoms with Crippen molar-refractivity contribution in [3.8, 4) is 0 Å². The summed E-state index contributed by atoms with van der Waals surface area (Å²) in [4.78, 5) is 24.3. The number of benzene rings is 2. The Morgan fingerprint density at radius 3 is 2.67 bits per heavy atom. The molecule has 1 aliphatic rings. The Bertz CT molecular complexity index is 1340. The van der Waals surface area contributed by atoms with Crippen molar-refractivity contribution in [1.29, 1.82) is 0 Å². The third-order valence-electron chi connectivity index (χ3n) is 7.10. The predicted octanol–water partition coefficient (Wildman–Crippen LogP) is 6.25. The van der Waals surface area contributed by atoms with Crippen LogP contribution in [-0.4, -0.2) is 28.0 Å². The average molecular weight is 450 g/mol. The summed E-state index contributed by atoms with van der Waals surface area (Å²) < 4.78 is 32.9. The van der Waals surface area contributed by atoms with Crippen molar-refractivity contribution in [1.82, 2.24) is 15.0 Å². The number of nitrogens with one attached hydrogen (secondary N) is 1. The first kappa shape index (κ1) is 21.5. The van der Waals surface area contributed by atoms with Crippen LogP contribution in [0.15, 0.2) is 42.6 Å². The number of fused-ring (bicyclic) bond motifs is 2. The van der Waals surface area contributed by atoms with Gasteiger partial charge in [-0.05, 0) is 79.5 Å². The minimum atomic E-state index is -0.731. The van der Waals surface area contributed by atoms with E-state index in [0.717, 1.165) is 48.0 Å². The number of aromatic nitrogens is 3. The standard InChI is InChI=1S/C26H25F2N3O2/c1-14(25-30-22-10-8-20(28)23(24(22)31-25)26(32)33-2)15-3-5-16(6-4-15)18-11-12-29-21-9-7-17(27)13-19(18)21/h7-16H,3-6H2,1-2H3,(H,30,31)/t14-,15?,16?/m0/s1. The van der Waals surface area contributed by atoms with E-state index < -0.39 is 11.8 Å². The first-order chi connectivity index (χ1) is 16.0. The molecule has 4 aromatic rings. The molecule has 0 aliphatic heterocycles. The number of halogens is 2. The maximum absolute atomic E-state index is 14.3. The van der Waals surface area contributed by atoms with Gasteiger partial charge in [0, 0.05) is 17.5 Å². The van der Waals surface area contributed by atoms with Crippen LogP contribution in [0.2, 0.25) is 0 Å². The van der Waals surface area contributed by atoms with Gasteiger partial charge in [0.25, 0.3) is 0 Å². The van der Waals surface area contributed by atoms with E-state index in [1.807, 2.05) is 6.07 Å². The monoisotopic (exact) mass is 449 g/mol. The van der Waals surface area contributed by atoms with Gasteiger partial charge in [-0.15, -0.1) is 0 Å². The van der Waals surface area contributed by atoms with Crippen molar-refractivity contribution < 1.29 is 18.3 Å². The van der Waals surface area contributed by atoms with Gasteiger partial charge in [0.05, 0.1) is 18.1 Å². The van der Waals surface area contributed by atoms with Crippen molar-refractivity contribution in [2.24, 2.45) is 5.92 Å². The van der Waals surface area contributed by atoms with E-state index in [0.29, 0.717) is 22.9 Å². The molecule has 0 unspecified atom stereocenters. The molecule has 2 aromatic heterocycles. The van der Waals surface area contributed by atoms with E-state index in [2.05, 4.69) is 21.9 Å². The third kappa shape index (κ3) is 3.86. The van der Waals surface area contributed by atoms with Crippen LogP contribution < -0.4 is 0 Å². The number of aromatic amines is 1. The predicted molar refractivity (Wildman–Crippen MR) is 122 cm³/mol. The lowest BCUT2D eigenvalue weighted by molar-refractivity contribution is 0.0597. The van der Waals surface area contributed by atoms with E-state index in [4.69, 9.17) is 4.74 Å². The molecule has 0 amide bonds. The topological polar surface area (TPSA) is 67.9 Å². The molecule has 0 bridgehead atoms. The summed E-state index contributed by atoms with van der Waals surface area (Å²) in [7, 11) is 1.23. The van der Waals surface area contributed by atoms with Gasteiger partial charge in [-0.2, -0.15) is 0 Å². The minimum absolute atomic E-state index is 0.124. The summed E-state index contributed by atoms with van der Waals surface area (Å²) in [6.07, 6.45) is 5.79. The van der Waals surface area contributed by atoms with Gasteiger partial charge in [0.15, 0.2) is 0 Å². The number of methoxy groups -OCH3 is 1. The average Bonchev–Trinajstić information content (AvgIpc) is 3.27. The van der Waals surface area contributed by atoms with Crippen LogP contribution in [0, 0.1) is 17.6 Å². The molecule has 1 N–H and O–H groups in total. The first-order valence-electron chi connectivity index (χ1n) is 11.3. The van der Waals surface area contributed by atoms with Gasteiger partial charge in [0.2, 0.25) is 0 Å². The van der Waals surface area contributed by atoms with Crippen molar-refractivity contribution in [3.63, 3.8) is 0 Å². The lowest BCUT2D eigenvalue weighted by Crippen LogP contribution is -2.19. The summed E-state index contributed by atoms with van der Waals surface area (Å²) in [5, 5.41) is 0.892. The molecular formula is C26H25F2N3O2. The molecule has 2 aromatic carbocycles. The van der Waals surface area contributed by atoms with E-state index in [9.17, 15) is 13.6 Å². The van der Waals surface area contributed by atoms with Gasteiger partial charge < -0.3 is 9.72 Å². The molecule has 1 fully saturated rings. The Kier molecular flexibility index (Phi) is 5.56. The number of H-pyrrole nitrogens is 1. The maximum Gasteiger partial charge on any atom is 0.343 e. The fourth-order valence-electron chi connectivity index (χ4n) is 5.23. The number of hydrogen-bond acceptors (Lipinski definition) is 4. The largest absolute Gasteiger partial charge is 0.465 e. The highest BCUT2D eigenvalue weighted by molar-refractivity contribution is 6.02. The van der Waals surface area contributed by atoms with Gasteiger partial charge in [-0.3, -0.25) is 4.98 Å². The lowest BCUT2D eigenvalue weighted by Gasteiger charge is -2.32. The second-order valence-corrected chi connectivity index (χ2v) is 8.89. The fourth-order valence-corrected chi connectivity index (χ4v) is 5.23. The smallest absolute Gasteiger partial charge is 0.343 e. The number of carbonyl (C=O) groups is 1. The molecule has 5 rings (SSSR count). The fraction of sp³-hybridized carbons (Fsp3) is 0.346. The highest BCUT2D eigenvalue weighted by Crippen LogP contribution is 2.43. The summed E-state index contributed by atoms with van der Waals surface area (Å²) in [6, 6.07) is 9.63. The van der Waals surface area contributed by atoms with Crippen molar-refractivity contribution in [2.45, 2.75) is 44.4 Å². The summed E-state index contributed by atoms with van der Waals surface area (Å²) in [5.41, 5.74) is 2.78. The number of esters is 1. The number of hydrogen-bond donors (Lipinski definition) is 1. The second-order valence-electron chi connectivity index (χ2n) is 8.89. The number of ether oxygens (including phenoxy) is 1. The molecule has 33 heavy (non-hydrogen) atoms. The summed E-state index contributed by atoms with van der Waals surface area (Å²) >= 11 is 0. The van der Waals surface area contributed by atoms with Crippen LogP contribution in [0.4, 0.5) is 8.78 Å². The SMILES string of the molecule is COC(=O)c1c(F)ccc2[nH]c([C@@H](C)C3CCC(c4ccnc5ccc(F)cc45)CC3)nc12. The van der Waals surface area contributed by atoms with Crippen LogP contribution >= 0.6 is 0 Å². The molecule has 5 nitrogen and oxygen atoms in total. The lowest BCUT2D eigenvalue weighted by atomic mass is 9.73. The zero-order chi connectivity index (χ0) is 23.1. The molecule has 0 radical (unpaired) electrons. The van der Waals surface area contributed by atoms with E-state index in [1.165, 1.54) is 19.2 Å². The molecule has 1 aliphatic carbocycles. The van der Waals surface area contributed by atoms with Gasteiger partial charge >= 0.3 is 5.97 Å². The van der Waals surface area contributed by atoms with Crippen LogP contribution in [0.3, 0.4) is 0 Å². The second kappa shape index (κ2) is 8.54. The highest BCUT2D eigenvalue weighted by atomic mass is 19.1. The van der Waals surface area contributed by atoms with Crippen molar-refractivity contribution >= 4 is 27.9 Å². The Morgan fingerprint density at radius 2 is 1.91 bits per heavy atom. The van der Waals surface area contributed by atoms with E-state index >= 15 is 0 Å². The molecule has 0 spiro atoms. The third-order valence-corrected chi connectivity index (χ3v) is 7.10. The van der Waals surface area contributed by atoms with Gasteiger partial charge in [0.1, 0.15) is 28.5 Å². The van der Waals surface area contributed by atoms with Crippen LogP contribution in [0.1, 0.15) is 66.2 Å². The van der Waals surface area contributed by atoms with Gasteiger partial charge in [-0.25, -0.2) is 18.6 Å². The van der Waals surface area contributed by atoms with Crippen molar-refractivity contribution in [3.05, 3.63) is 71.2 Å². The van der Waals surface area contributed by atoms with Crippen LogP contribution in [0.5, 0.6) is 0 Å². The highest BCUT2D eigenvalue weighted by Gasteiger charge is 2.30. The molecule has 0 saturated heterocycles. The zero-order valence-corrected chi connectivity index (χ0v) is 18.6. The summed E-state index contributed by atoms with van der Waals surface area (Å²) in [6.45, 7) is 2.12. The Balaban J connectivity index is 1.36. The Morgan fingerprint density at radius 1 is 1.12 bits per heavy atom. The number of carbonyl (C=O) groups excluding carboxylic acids is 1. The van der Waals surface area contributed by atoms with Crippen LogP contribution in [0.25, 0.3) is 21.9 Å². The normalized spacial score (nSPS) is 19.6. The molecule has 1 saturated carbocycles. The zero-order valence-electron chi connectivity index (χ0n) is 18.6. The number of nitrogens with zero attached hydrogens (tertiary/aromatic N) is 2. The molecule has 2 heterocycles. The molecule has 7 heteroatoms. The number of pyridine rings is 1. The number of imidazole rings is 1.